The van der Waals surface area contributed by atoms with Crippen LogP contribution in [0, 0.1) is 0 Å². The van der Waals surface area contributed by atoms with E-state index in [0.717, 1.165) is 38.9 Å². The molecule has 3 heteroatoms. The van der Waals surface area contributed by atoms with Gasteiger partial charge in [-0.3, -0.25) is 4.79 Å². The number of nitrogens with zero attached hydrogens (tertiary/aromatic N) is 1. The molecule has 1 rings (SSSR count). The van der Waals surface area contributed by atoms with Gasteiger partial charge < -0.3 is 10.2 Å². The first kappa shape index (κ1) is 14.5. The number of nitrogens with one attached hydrogen (secondary N) is 1. The average Bonchev–Trinajstić information content (AvgIpc) is 2.20. The van der Waals surface area contributed by atoms with Gasteiger partial charge >= 0.3 is 0 Å². The van der Waals surface area contributed by atoms with Gasteiger partial charge in [0.25, 0.3) is 0 Å². The van der Waals surface area contributed by atoms with Gasteiger partial charge in [-0.25, -0.2) is 0 Å². The molecule has 1 N–H and O–H groups in total. The molecule has 3 nitrogen and oxygen atoms in total. The molecule has 0 atom stereocenters. The molecule has 1 aliphatic heterocycles. The Morgan fingerprint density at radius 1 is 1.18 bits per heavy atom. The van der Waals surface area contributed by atoms with E-state index < -0.39 is 0 Å². The van der Waals surface area contributed by atoms with Crippen molar-refractivity contribution in [1.82, 2.24) is 10.2 Å². The van der Waals surface area contributed by atoms with Crippen molar-refractivity contribution in [2.24, 2.45) is 0 Å². The number of likely N-dealkylation sites (tertiary alicyclic amines) is 1. The van der Waals surface area contributed by atoms with Crippen LogP contribution in [-0.2, 0) is 4.79 Å². The molecule has 1 fully saturated rings. The summed E-state index contributed by atoms with van der Waals surface area (Å²) < 4.78 is 0. The minimum Gasteiger partial charge on any atom is -0.343 e. The van der Waals surface area contributed by atoms with Gasteiger partial charge in [0, 0.05) is 25.0 Å². The third-order valence-corrected chi connectivity index (χ3v) is 3.18. The summed E-state index contributed by atoms with van der Waals surface area (Å²) in [5.41, 5.74) is 0.181. The summed E-state index contributed by atoms with van der Waals surface area (Å²) in [5.74, 6) is 0.362. The van der Waals surface area contributed by atoms with Gasteiger partial charge in [-0.2, -0.15) is 0 Å². The molecule has 1 heterocycles. The molecule has 0 spiro atoms. The monoisotopic (exact) mass is 240 g/mol. The molecule has 0 radical (unpaired) electrons. The van der Waals surface area contributed by atoms with Crippen LogP contribution in [0.5, 0.6) is 0 Å². The maximum absolute atomic E-state index is 11.9. The zero-order valence-electron chi connectivity index (χ0n) is 11.7. The Kier molecular flexibility index (Phi) is 5.96. The molecular weight excluding hydrogens is 212 g/mol. The third kappa shape index (κ3) is 6.67. The second-order valence-electron chi connectivity index (χ2n) is 6.08. The average molecular weight is 240 g/mol. The lowest BCUT2D eigenvalue weighted by molar-refractivity contribution is -0.131. The van der Waals surface area contributed by atoms with E-state index in [-0.39, 0.29) is 5.54 Å². The highest BCUT2D eigenvalue weighted by Crippen LogP contribution is 2.11. The van der Waals surface area contributed by atoms with Gasteiger partial charge in [-0.05, 0) is 46.6 Å². The normalized spacial score (nSPS) is 19.0. The predicted molar refractivity (Wildman–Crippen MR) is 72.0 cm³/mol. The molecule has 1 amide bonds. The number of hydrogen-bond donors (Lipinski definition) is 1. The first-order valence-corrected chi connectivity index (χ1v) is 7.02. The second-order valence-corrected chi connectivity index (χ2v) is 6.08. The van der Waals surface area contributed by atoms with E-state index in [9.17, 15) is 4.79 Å². The molecule has 100 valence electrons. The van der Waals surface area contributed by atoms with Gasteiger partial charge in [0.05, 0.1) is 0 Å². The largest absolute Gasteiger partial charge is 0.343 e. The van der Waals surface area contributed by atoms with Crippen LogP contribution in [0.1, 0.15) is 59.3 Å². The maximum atomic E-state index is 11.9. The summed E-state index contributed by atoms with van der Waals surface area (Å²) in [6.07, 6.45) is 6.58. The molecule has 17 heavy (non-hydrogen) atoms. The van der Waals surface area contributed by atoms with Crippen LogP contribution in [-0.4, -0.2) is 36.0 Å². The number of hydrogen-bond acceptors (Lipinski definition) is 2. The van der Waals surface area contributed by atoms with Gasteiger partial charge in [-0.15, -0.1) is 0 Å². The lowest BCUT2D eigenvalue weighted by Crippen LogP contribution is -2.39. The van der Waals surface area contributed by atoms with Crippen molar-refractivity contribution < 1.29 is 4.79 Å². The highest BCUT2D eigenvalue weighted by molar-refractivity contribution is 5.76. The third-order valence-electron chi connectivity index (χ3n) is 3.18. The fourth-order valence-corrected chi connectivity index (χ4v) is 2.19. The molecule has 0 aromatic carbocycles. The Hall–Kier alpha value is -0.570. The number of rotatable bonds is 4. The van der Waals surface area contributed by atoms with Gasteiger partial charge in [0.1, 0.15) is 0 Å². The summed E-state index contributed by atoms with van der Waals surface area (Å²) in [6, 6.07) is 0. The molecular formula is C14H28N2O. The van der Waals surface area contributed by atoms with E-state index in [1.165, 1.54) is 19.3 Å². The van der Waals surface area contributed by atoms with Crippen molar-refractivity contribution in [2.75, 3.05) is 19.6 Å². The minimum absolute atomic E-state index is 0.181. The molecule has 0 saturated carbocycles. The Morgan fingerprint density at radius 3 is 2.59 bits per heavy atom. The predicted octanol–water partition coefficient (Wildman–Crippen LogP) is 2.56. The number of carbonyl (C=O) groups excluding carboxylic acids is 1. The highest BCUT2D eigenvalue weighted by atomic mass is 16.2. The van der Waals surface area contributed by atoms with Crippen molar-refractivity contribution in [3.05, 3.63) is 0 Å². The van der Waals surface area contributed by atoms with E-state index in [1.807, 2.05) is 0 Å². The smallest absolute Gasteiger partial charge is 0.222 e. The zero-order chi connectivity index (χ0) is 12.7. The molecule has 0 unspecified atom stereocenters. The van der Waals surface area contributed by atoms with Gasteiger partial charge in [0.2, 0.25) is 5.91 Å². The maximum Gasteiger partial charge on any atom is 0.222 e. The molecule has 0 aliphatic carbocycles. The van der Waals surface area contributed by atoms with E-state index in [1.54, 1.807) is 0 Å². The molecule has 0 aromatic heterocycles. The lowest BCUT2D eigenvalue weighted by atomic mass is 10.1. The van der Waals surface area contributed by atoms with Crippen molar-refractivity contribution in [1.29, 1.82) is 0 Å². The number of carbonyl (C=O) groups is 1. The molecule has 0 bridgehead atoms. The summed E-state index contributed by atoms with van der Waals surface area (Å²) >= 11 is 0. The minimum atomic E-state index is 0.181. The fourth-order valence-electron chi connectivity index (χ4n) is 2.19. The van der Waals surface area contributed by atoms with Crippen molar-refractivity contribution in [2.45, 2.75) is 64.8 Å². The first-order chi connectivity index (χ1) is 7.99. The van der Waals surface area contributed by atoms with Crippen LogP contribution in [0.3, 0.4) is 0 Å². The van der Waals surface area contributed by atoms with E-state index in [4.69, 9.17) is 0 Å². The first-order valence-electron chi connectivity index (χ1n) is 7.02. The van der Waals surface area contributed by atoms with Crippen LogP contribution in [0.25, 0.3) is 0 Å². The molecule has 1 saturated heterocycles. The van der Waals surface area contributed by atoms with Crippen LogP contribution in [0.2, 0.25) is 0 Å². The summed E-state index contributed by atoms with van der Waals surface area (Å²) in [4.78, 5) is 13.9. The van der Waals surface area contributed by atoms with Gasteiger partial charge in [-0.1, -0.05) is 12.8 Å². The second kappa shape index (κ2) is 7.00. The van der Waals surface area contributed by atoms with E-state index >= 15 is 0 Å². The molecule has 0 aromatic rings. The standard InChI is InChI=1S/C14H28N2O/c1-14(2,3)15-10-8-12-16-11-7-5-4-6-9-13(16)17/h15H,4-12H2,1-3H3. The highest BCUT2D eigenvalue weighted by Gasteiger charge is 2.15. The Balaban J connectivity index is 2.21. The lowest BCUT2D eigenvalue weighted by Gasteiger charge is -2.26. The van der Waals surface area contributed by atoms with Gasteiger partial charge in [0.15, 0.2) is 0 Å². The summed E-state index contributed by atoms with van der Waals surface area (Å²) in [6.45, 7) is 9.40. The van der Waals surface area contributed by atoms with Crippen LogP contribution in [0.15, 0.2) is 0 Å². The zero-order valence-corrected chi connectivity index (χ0v) is 11.7. The van der Waals surface area contributed by atoms with Crippen molar-refractivity contribution >= 4 is 5.91 Å². The Bertz CT molecular complexity index is 233. The SMILES string of the molecule is CC(C)(C)NCCCN1CCCCCCC1=O. The van der Waals surface area contributed by atoms with Crippen molar-refractivity contribution in [3.8, 4) is 0 Å². The topological polar surface area (TPSA) is 32.3 Å². The van der Waals surface area contributed by atoms with Crippen LogP contribution in [0.4, 0.5) is 0 Å². The fraction of sp³-hybridized carbons (Fsp3) is 0.929. The van der Waals surface area contributed by atoms with Crippen LogP contribution >= 0.6 is 0 Å². The van der Waals surface area contributed by atoms with E-state index in [0.29, 0.717) is 5.91 Å². The molecule has 1 aliphatic rings. The quantitative estimate of drug-likeness (QED) is 0.766. The summed E-state index contributed by atoms with van der Waals surface area (Å²) in [7, 11) is 0. The number of amides is 1. The van der Waals surface area contributed by atoms with Crippen molar-refractivity contribution in [3.63, 3.8) is 0 Å². The van der Waals surface area contributed by atoms with Crippen LogP contribution < -0.4 is 5.32 Å². The summed E-state index contributed by atoms with van der Waals surface area (Å²) in [5, 5.41) is 3.47. The van der Waals surface area contributed by atoms with E-state index in [2.05, 4.69) is 31.0 Å². The Morgan fingerprint density at radius 2 is 1.88 bits per heavy atom. The Labute approximate surface area is 106 Å².